The van der Waals surface area contributed by atoms with Gasteiger partial charge in [0.05, 0.1) is 12.3 Å². The van der Waals surface area contributed by atoms with E-state index >= 15 is 0 Å². The molecule has 0 saturated carbocycles. The first-order valence-electron chi connectivity index (χ1n) is 8.01. The fourth-order valence-corrected chi connectivity index (χ4v) is 3.05. The van der Waals surface area contributed by atoms with Crippen LogP contribution in [0, 0.1) is 13.8 Å². The highest BCUT2D eigenvalue weighted by molar-refractivity contribution is 5.21. The van der Waals surface area contributed by atoms with Gasteiger partial charge in [-0.05, 0) is 32.3 Å². The van der Waals surface area contributed by atoms with Gasteiger partial charge in [-0.1, -0.05) is 35.5 Å². The van der Waals surface area contributed by atoms with E-state index in [4.69, 9.17) is 9.26 Å². The van der Waals surface area contributed by atoms with Crippen LogP contribution in [0.25, 0.3) is 0 Å². The first-order valence-corrected chi connectivity index (χ1v) is 8.01. The lowest BCUT2D eigenvalue weighted by Crippen LogP contribution is -2.37. The lowest BCUT2D eigenvalue weighted by molar-refractivity contribution is 0.139. The van der Waals surface area contributed by atoms with Crippen LogP contribution >= 0.6 is 0 Å². The minimum Gasteiger partial charge on any atom is -0.380 e. The smallest absolute Gasteiger partial charge is 0.138 e. The Morgan fingerprint density at radius 3 is 2.68 bits per heavy atom. The quantitative estimate of drug-likeness (QED) is 0.821. The van der Waals surface area contributed by atoms with Crippen LogP contribution in [0.1, 0.15) is 29.0 Å². The summed E-state index contributed by atoms with van der Waals surface area (Å²) in [6.45, 7) is 7.64. The van der Waals surface area contributed by atoms with Gasteiger partial charge in [-0.25, -0.2) is 0 Å². The average molecular weight is 300 g/mol. The van der Waals surface area contributed by atoms with Crippen LogP contribution in [0.2, 0.25) is 0 Å². The Morgan fingerprint density at radius 2 is 2.05 bits per heavy atom. The van der Waals surface area contributed by atoms with Crippen molar-refractivity contribution in [3.8, 4) is 0 Å². The first kappa shape index (κ1) is 15.3. The minimum absolute atomic E-state index is 0.498. The molecule has 1 saturated heterocycles. The Labute approximate surface area is 132 Å². The van der Waals surface area contributed by atoms with Gasteiger partial charge in [0, 0.05) is 31.3 Å². The zero-order valence-corrected chi connectivity index (χ0v) is 13.4. The molecule has 22 heavy (non-hydrogen) atoms. The zero-order valence-electron chi connectivity index (χ0n) is 13.4. The summed E-state index contributed by atoms with van der Waals surface area (Å²) in [5.41, 5.74) is 3.60. The molecule has 3 rings (SSSR count). The van der Waals surface area contributed by atoms with Crippen LogP contribution < -0.4 is 0 Å². The molecular formula is C18H24N2O2. The van der Waals surface area contributed by atoms with Crippen LogP contribution in [0.5, 0.6) is 0 Å². The standard InChI is InChI=1S/C18H24N2O2/c1-14-18(15(2)22-19-14)12-20(17-9-11-21-13-17)10-8-16-6-4-3-5-7-16/h3-7,17H,8-13H2,1-2H3/t17-/m0/s1. The molecule has 1 atom stereocenters. The molecule has 1 fully saturated rings. The summed E-state index contributed by atoms with van der Waals surface area (Å²) >= 11 is 0. The Bertz CT molecular complexity index is 569. The van der Waals surface area contributed by atoms with Crippen molar-refractivity contribution in [2.75, 3.05) is 19.8 Å². The molecule has 4 nitrogen and oxygen atoms in total. The monoisotopic (exact) mass is 300 g/mol. The molecule has 118 valence electrons. The van der Waals surface area contributed by atoms with Crippen LogP contribution in [-0.4, -0.2) is 35.9 Å². The lowest BCUT2D eigenvalue weighted by atomic mass is 10.1. The maximum atomic E-state index is 5.59. The topological polar surface area (TPSA) is 38.5 Å². The van der Waals surface area contributed by atoms with E-state index in [1.165, 1.54) is 11.1 Å². The first-order chi connectivity index (χ1) is 10.7. The SMILES string of the molecule is Cc1noc(C)c1CN(CCc1ccccc1)[C@H]1CCOC1. The Hall–Kier alpha value is -1.65. The second kappa shape index (κ2) is 7.07. The summed E-state index contributed by atoms with van der Waals surface area (Å²) in [4.78, 5) is 2.52. The van der Waals surface area contributed by atoms with E-state index in [-0.39, 0.29) is 0 Å². The molecule has 2 aromatic rings. The minimum atomic E-state index is 0.498. The van der Waals surface area contributed by atoms with Gasteiger partial charge in [-0.3, -0.25) is 4.90 Å². The van der Waals surface area contributed by atoms with Gasteiger partial charge in [0.15, 0.2) is 0 Å². The summed E-state index contributed by atoms with van der Waals surface area (Å²) in [6.07, 6.45) is 2.17. The van der Waals surface area contributed by atoms with E-state index in [1.807, 2.05) is 13.8 Å². The summed E-state index contributed by atoms with van der Waals surface area (Å²) in [6, 6.07) is 11.2. The molecule has 4 heteroatoms. The third-order valence-corrected chi connectivity index (χ3v) is 4.49. The molecule has 0 aliphatic carbocycles. The Balaban J connectivity index is 1.69. The zero-order chi connectivity index (χ0) is 15.4. The van der Waals surface area contributed by atoms with E-state index in [0.29, 0.717) is 6.04 Å². The fraction of sp³-hybridized carbons (Fsp3) is 0.500. The molecule has 0 unspecified atom stereocenters. The van der Waals surface area contributed by atoms with E-state index in [9.17, 15) is 0 Å². The lowest BCUT2D eigenvalue weighted by Gasteiger charge is -2.27. The van der Waals surface area contributed by atoms with Crippen LogP contribution in [-0.2, 0) is 17.7 Å². The second-order valence-corrected chi connectivity index (χ2v) is 6.03. The molecule has 2 heterocycles. The highest BCUT2D eigenvalue weighted by Gasteiger charge is 2.25. The number of hydrogen-bond acceptors (Lipinski definition) is 4. The number of nitrogens with zero attached hydrogens (tertiary/aromatic N) is 2. The number of rotatable bonds is 6. The fourth-order valence-electron chi connectivity index (χ4n) is 3.05. The predicted molar refractivity (Wildman–Crippen MR) is 85.8 cm³/mol. The predicted octanol–water partition coefficient (Wildman–Crippen LogP) is 3.13. The summed E-state index contributed by atoms with van der Waals surface area (Å²) in [5.74, 6) is 0.932. The summed E-state index contributed by atoms with van der Waals surface area (Å²) in [7, 11) is 0. The largest absolute Gasteiger partial charge is 0.380 e. The van der Waals surface area contributed by atoms with Gasteiger partial charge >= 0.3 is 0 Å². The maximum absolute atomic E-state index is 5.59. The van der Waals surface area contributed by atoms with Crippen molar-refractivity contribution in [3.05, 3.63) is 52.9 Å². The van der Waals surface area contributed by atoms with Crippen LogP contribution in [0.15, 0.2) is 34.9 Å². The molecule has 0 amide bonds. The molecule has 1 aliphatic heterocycles. The third-order valence-electron chi connectivity index (χ3n) is 4.49. The van der Waals surface area contributed by atoms with Gasteiger partial charge < -0.3 is 9.26 Å². The molecule has 0 spiro atoms. The van der Waals surface area contributed by atoms with Crippen LogP contribution in [0.3, 0.4) is 0 Å². The molecule has 1 aromatic heterocycles. The highest BCUT2D eigenvalue weighted by Crippen LogP contribution is 2.20. The van der Waals surface area contributed by atoms with E-state index in [0.717, 1.165) is 50.6 Å². The van der Waals surface area contributed by atoms with Gasteiger partial charge in [0.1, 0.15) is 5.76 Å². The van der Waals surface area contributed by atoms with Crippen molar-refractivity contribution < 1.29 is 9.26 Å². The normalized spacial score (nSPS) is 18.2. The van der Waals surface area contributed by atoms with Gasteiger partial charge in [-0.2, -0.15) is 0 Å². The maximum Gasteiger partial charge on any atom is 0.138 e. The average Bonchev–Trinajstić information content (AvgIpc) is 3.17. The van der Waals surface area contributed by atoms with Gasteiger partial charge in [0.25, 0.3) is 0 Å². The van der Waals surface area contributed by atoms with Crippen molar-refractivity contribution in [1.82, 2.24) is 10.1 Å². The van der Waals surface area contributed by atoms with E-state index in [1.54, 1.807) is 0 Å². The Morgan fingerprint density at radius 1 is 1.23 bits per heavy atom. The van der Waals surface area contributed by atoms with Crippen molar-refractivity contribution in [2.45, 2.75) is 39.3 Å². The van der Waals surface area contributed by atoms with Gasteiger partial charge in [-0.15, -0.1) is 0 Å². The molecule has 1 aromatic carbocycles. The van der Waals surface area contributed by atoms with Crippen LogP contribution in [0.4, 0.5) is 0 Å². The molecule has 0 bridgehead atoms. The Kier molecular flexibility index (Phi) is 4.90. The molecular weight excluding hydrogens is 276 g/mol. The number of benzene rings is 1. The third kappa shape index (κ3) is 3.57. The second-order valence-electron chi connectivity index (χ2n) is 6.03. The summed E-state index contributed by atoms with van der Waals surface area (Å²) < 4.78 is 10.9. The van der Waals surface area contributed by atoms with Gasteiger partial charge in [0.2, 0.25) is 0 Å². The summed E-state index contributed by atoms with van der Waals surface area (Å²) in [5, 5.41) is 4.08. The van der Waals surface area contributed by atoms with Crippen molar-refractivity contribution >= 4 is 0 Å². The van der Waals surface area contributed by atoms with E-state index in [2.05, 4.69) is 40.4 Å². The van der Waals surface area contributed by atoms with Crippen molar-refractivity contribution in [3.63, 3.8) is 0 Å². The van der Waals surface area contributed by atoms with Crippen molar-refractivity contribution in [1.29, 1.82) is 0 Å². The number of aryl methyl sites for hydroxylation is 2. The number of aromatic nitrogens is 1. The molecule has 1 aliphatic rings. The molecule has 0 radical (unpaired) electrons. The highest BCUT2D eigenvalue weighted by atomic mass is 16.5. The number of hydrogen-bond donors (Lipinski definition) is 0. The van der Waals surface area contributed by atoms with E-state index < -0.39 is 0 Å². The molecule has 0 N–H and O–H groups in total. The number of ether oxygens (including phenoxy) is 1. The van der Waals surface area contributed by atoms with Crippen molar-refractivity contribution in [2.24, 2.45) is 0 Å².